The summed E-state index contributed by atoms with van der Waals surface area (Å²) < 4.78 is 50.2. The number of carbonyl (C=O) groups is 2. The van der Waals surface area contributed by atoms with Gasteiger partial charge < -0.3 is 19.4 Å². The lowest BCUT2D eigenvalue weighted by molar-refractivity contribution is -0.136. The van der Waals surface area contributed by atoms with Gasteiger partial charge in [-0.15, -0.1) is 0 Å². The van der Waals surface area contributed by atoms with E-state index in [0.29, 0.717) is 26.3 Å². The summed E-state index contributed by atoms with van der Waals surface area (Å²) in [5.41, 5.74) is 0.134. The van der Waals surface area contributed by atoms with E-state index in [2.05, 4.69) is 26.1 Å². The van der Waals surface area contributed by atoms with Crippen LogP contribution in [0, 0.1) is 5.82 Å². The van der Waals surface area contributed by atoms with Crippen LogP contribution in [-0.4, -0.2) is 83.9 Å². The van der Waals surface area contributed by atoms with Gasteiger partial charge in [0.1, 0.15) is 11.9 Å². The van der Waals surface area contributed by atoms with Crippen LogP contribution in [0.2, 0.25) is 18.1 Å². The van der Waals surface area contributed by atoms with Crippen molar-refractivity contribution in [3.8, 4) is 0 Å². The van der Waals surface area contributed by atoms with Crippen LogP contribution < -0.4 is 5.32 Å². The Hall–Kier alpha value is -1.82. The second kappa shape index (κ2) is 11.1. The number of nitrogens with one attached hydrogen (secondary N) is 1. The second-order valence-electron chi connectivity index (χ2n) is 9.69. The van der Waals surface area contributed by atoms with E-state index in [1.165, 1.54) is 17.0 Å². The first-order chi connectivity index (χ1) is 15.2. The lowest BCUT2D eigenvalue weighted by atomic mass is 10.2. The van der Waals surface area contributed by atoms with Gasteiger partial charge in [-0.05, 0) is 42.4 Å². The maximum absolute atomic E-state index is 13.2. The number of rotatable bonds is 9. The van der Waals surface area contributed by atoms with Crippen molar-refractivity contribution in [3.63, 3.8) is 0 Å². The molecule has 1 heterocycles. The van der Waals surface area contributed by atoms with Crippen LogP contribution >= 0.6 is 0 Å². The molecule has 11 heteroatoms. The molecule has 1 aromatic rings. The minimum Gasteiger partial charge on any atom is -0.416 e. The predicted molar refractivity (Wildman–Crippen MR) is 127 cm³/mol. The van der Waals surface area contributed by atoms with Crippen LogP contribution in [0.3, 0.4) is 0 Å². The molecule has 1 aliphatic heterocycles. The van der Waals surface area contributed by atoms with Gasteiger partial charge in [-0.25, -0.2) is 12.8 Å². The van der Waals surface area contributed by atoms with E-state index < -0.39 is 47.6 Å². The van der Waals surface area contributed by atoms with Gasteiger partial charge in [0.2, 0.25) is 5.91 Å². The molecule has 0 radical (unpaired) electrons. The van der Waals surface area contributed by atoms with E-state index in [-0.39, 0.29) is 23.0 Å². The molecule has 0 spiro atoms. The minimum absolute atomic E-state index is 0.0310. The number of halogens is 1. The molecule has 186 valence electrons. The fourth-order valence-electron chi connectivity index (χ4n) is 3.00. The molecule has 1 fully saturated rings. The number of nitrogens with zero attached hydrogens (tertiary/aromatic N) is 1. The van der Waals surface area contributed by atoms with Gasteiger partial charge in [0.15, 0.2) is 18.2 Å². The minimum atomic E-state index is -3.72. The lowest BCUT2D eigenvalue weighted by Crippen LogP contribution is -2.54. The molecule has 1 aromatic carbocycles. The summed E-state index contributed by atoms with van der Waals surface area (Å²) in [6.07, 6.45) is 0. The summed E-state index contributed by atoms with van der Waals surface area (Å²) in [5.74, 6) is -2.43. The van der Waals surface area contributed by atoms with Crippen molar-refractivity contribution < 1.29 is 31.6 Å². The second-order valence-corrected chi connectivity index (χ2v) is 16.7. The zero-order valence-electron chi connectivity index (χ0n) is 20.0. The number of hydrogen-bond donors (Lipinski definition) is 1. The molecule has 0 unspecified atom stereocenters. The Labute approximate surface area is 196 Å². The first-order valence-electron chi connectivity index (χ1n) is 11.0. The molecule has 0 aliphatic carbocycles. The number of carbonyl (C=O) groups excluding carboxylic acids is 2. The maximum atomic E-state index is 13.2. The number of ether oxygens (including phenoxy) is 1. The van der Waals surface area contributed by atoms with Crippen molar-refractivity contribution in [1.82, 2.24) is 10.2 Å². The summed E-state index contributed by atoms with van der Waals surface area (Å²) in [7, 11) is -5.85. The molecule has 0 aromatic heterocycles. The van der Waals surface area contributed by atoms with Crippen LogP contribution in [-0.2, 0) is 23.8 Å². The standard InChI is InChI=1S/C22H35FN2O6SSi/c1-22(2,3)33(4,5)31-14-15-32(28,29)16-19(21(27)25-10-12-30-13-11-25)24-20(26)17-6-8-18(23)9-7-17/h6-9,19H,10-16H2,1-5H3,(H,24,26)/t19-/m0/s1. The quantitative estimate of drug-likeness (QED) is 0.520. The van der Waals surface area contributed by atoms with Crippen LogP contribution in [0.25, 0.3) is 0 Å². The van der Waals surface area contributed by atoms with Crippen LogP contribution in [0.5, 0.6) is 0 Å². The average Bonchev–Trinajstić information content (AvgIpc) is 2.72. The van der Waals surface area contributed by atoms with Crippen molar-refractivity contribution >= 4 is 30.0 Å². The smallest absolute Gasteiger partial charge is 0.251 e. The molecule has 33 heavy (non-hydrogen) atoms. The highest BCUT2D eigenvalue weighted by atomic mass is 32.2. The summed E-state index contributed by atoms with van der Waals surface area (Å²) in [6, 6.07) is 3.55. The topological polar surface area (TPSA) is 102 Å². The Morgan fingerprint density at radius 2 is 1.76 bits per heavy atom. The molecule has 2 rings (SSSR count). The Balaban J connectivity index is 2.12. The van der Waals surface area contributed by atoms with Gasteiger partial charge in [0.25, 0.3) is 5.91 Å². The fourth-order valence-corrected chi connectivity index (χ4v) is 5.43. The third-order valence-electron chi connectivity index (χ3n) is 6.12. The summed E-state index contributed by atoms with van der Waals surface area (Å²) in [5, 5.41) is 2.47. The Bertz CT molecular complexity index is 925. The van der Waals surface area contributed by atoms with Crippen molar-refractivity contribution in [2.24, 2.45) is 0 Å². The fraction of sp³-hybridized carbons (Fsp3) is 0.636. The molecule has 2 amide bonds. The van der Waals surface area contributed by atoms with Gasteiger partial charge in [0.05, 0.1) is 24.7 Å². The van der Waals surface area contributed by atoms with Crippen LogP contribution in [0.4, 0.5) is 4.39 Å². The molecule has 1 saturated heterocycles. The number of hydrogen-bond acceptors (Lipinski definition) is 6. The number of sulfone groups is 1. The van der Waals surface area contributed by atoms with Gasteiger partial charge in [-0.1, -0.05) is 20.8 Å². The number of amides is 2. The molecular formula is C22H35FN2O6SSi. The SMILES string of the molecule is CC(C)(C)[Si](C)(C)OCCS(=O)(=O)C[C@H](NC(=O)c1ccc(F)cc1)C(=O)N1CCOCC1. The zero-order chi connectivity index (χ0) is 24.9. The van der Waals surface area contributed by atoms with Crippen LogP contribution in [0.15, 0.2) is 24.3 Å². The molecule has 1 atom stereocenters. The monoisotopic (exact) mass is 502 g/mol. The molecule has 0 bridgehead atoms. The number of benzene rings is 1. The molecular weight excluding hydrogens is 467 g/mol. The average molecular weight is 503 g/mol. The Morgan fingerprint density at radius 1 is 1.18 bits per heavy atom. The highest BCUT2D eigenvalue weighted by molar-refractivity contribution is 7.91. The Morgan fingerprint density at radius 3 is 2.30 bits per heavy atom. The first kappa shape index (κ1) is 27.4. The van der Waals surface area contributed by atoms with Gasteiger partial charge in [0, 0.05) is 25.3 Å². The lowest BCUT2D eigenvalue weighted by Gasteiger charge is -2.36. The van der Waals surface area contributed by atoms with Crippen molar-refractivity contribution in [1.29, 1.82) is 0 Å². The molecule has 0 saturated carbocycles. The third kappa shape index (κ3) is 8.16. The van der Waals surface area contributed by atoms with E-state index in [1.807, 2.05) is 13.1 Å². The molecule has 8 nitrogen and oxygen atoms in total. The zero-order valence-corrected chi connectivity index (χ0v) is 21.8. The van der Waals surface area contributed by atoms with Crippen LogP contribution in [0.1, 0.15) is 31.1 Å². The van der Waals surface area contributed by atoms with Gasteiger partial charge in [-0.2, -0.15) is 0 Å². The highest BCUT2D eigenvalue weighted by Gasteiger charge is 2.38. The van der Waals surface area contributed by atoms with E-state index >= 15 is 0 Å². The normalized spacial score (nSPS) is 16.4. The molecule has 1 aliphatic rings. The van der Waals surface area contributed by atoms with E-state index in [1.54, 1.807) is 0 Å². The summed E-state index contributed by atoms with van der Waals surface area (Å²) in [6.45, 7) is 11.6. The number of morpholine rings is 1. The van der Waals surface area contributed by atoms with Gasteiger partial charge in [-0.3, -0.25) is 9.59 Å². The first-order valence-corrected chi connectivity index (χ1v) is 15.7. The third-order valence-corrected chi connectivity index (χ3v) is 12.3. The maximum Gasteiger partial charge on any atom is 0.251 e. The highest BCUT2D eigenvalue weighted by Crippen LogP contribution is 2.36. The van der Waals surface area contributed by atoms with Crippen molar-refractivity contribution in [2.75, 3.05) is 44.4 Å². The molecule has 1 N–H and O–H groups in total. The van der Waals surface area contributed by atoms with E-state index in [0.717, 1.165) is 12.1 Å². The summed E-state index contributed by atoms with van der Waals surface area (Å²) >= 11 is 0. The summed E-state index contributed by atoms with van der Waals surface area (Å²) in [4.78, 5) is 27.2. The largest absolute Gasteiger partial charge is 0.416 e. The van der Waals surface area contributed by atoms with Crippen molar-refractivity contribution in [3.05, 3.63) is 35.6 Å². The van der Waals surface area contributed by atoms with Crippen molar-refractivity contribution in [2.45, 2.75) is 44.9 Å². The van der Waals surface area contributed by atoms with Gasteiger partial charge >= 0.3 is 0 Å². The van der Waals surface area contributed by atoms with E-state index in [4.69, 9.17) is 9.16 Å². The predicted octanol–water partition coefficient (Wildman–Crippen LogP) is 2.22. The Kier molecular flexibility index (Phi) is 9.20. The van der Waals surface area contributed by atoms with E-state index in [9.17, 15) is 22.4 Å².